The maximum Gasteiger partial charge on any atom is 0.407 e. The third-order valence-corrected chi connectivity index (χ3v) is 6.38. The quantitative estimate of drug-likeness (QED) is 0.453. The lowest BCUT2D eigenvalue weighted by Crippen LogP contribution is -2.52. The molecular weight excluding hydrogens is 529 g/mol. The molecule has 218 valence electrons. The van der Waals surface area contributed by atoms with E-state index in [1.807, 2.05) is 0 Å². The molecule has 1 aliphatic carbocycles. The molecule has 1 saturated carbocycles. The predicted molar refractivity (Wildman–Crippen MR) is 142 cm³/mol. The van der Waals surface area contributed by atoms with E-state index < -0.39 is 36.1 Å². The number of benzene rings is 1. The second-order valence-corrected chi connectivity index (χ2v) is 11.0. The second-order valence-electron chi connectivity index (χ2n) is 11.0. The fourth-order valence-electron chi connectivity index (χ4n) is 4.70. The van der Waals surface area contributed by atoms with Crippen molar-refractivity contribution in [2.45, 2.75) is 76.9 Å². The molecule has 0 radical (unpaired) electrons. The van der Waals surface area contributed by atoms with Gasteiger partial charge in [-0.3, -0.25) is 14.4 Å². The van der Waals surface area contributed by atoms with Crippen molar-refractivity contribution in [1.82, 2.24) is 20.5 Å². The Kier molecular flexibility index (Phi) is 9.99. The predicted octanol–water partition coefficient (Wildman–Crippen LogP) is 3.56. The average molecular weight is 565 g/mol. The van der Waals surface area contributed by atoms with E-state index in [4.69, 9.17) is 4.74 Å². The highest BCUT2D eigenvalue weighted by Gasteiger charge is 2.33. The molecule has 3 amide bonds. The minimum Gasteiger partial charge on any atom is -0.444 e. The molecule has 12 heteroatoms. The molecule has 1 aromatic carbocycles. The molecule has 0 saturated heterocycles. The summed E-state index contributed by atoms with van der Waals surface area (Å²) in [5, 5.41) is 8.22. The van der Waals surface area contributed by atoms with Crippen molar-refractivity contribution in [2.75, 3.05) is 6.54 Å². The van der Waals surface area contributed by atoms with E-state index in [1.54, 1.807) is 39.1 Å². The number of hydrogen-bond donors (Lipinski definition) is 3. The van der Waals surface area contributed by atoms with Crippen LogP contribution in [0.5, 0.6) is 0 Å². The summed E-state index contributed by atoms with van der Waals surface area (Å²) in [5.74, 6) is -1.36. The molecule has 0 bridgehead atoms. The molecule has 40 heavy (non-hydrogen) atoms. The van der Waals surface area contributed by atoms with Crippen LogP contribution in [-0.2, 0) is 22.5 Å². The van der Waals surface area contributed by atoms with E-state index in [-0.39, 0.29) is 41.2 Å². The van der Waals surface area contributed by atoms with E-state index in [0.29, 0.717) is 25.8 Å². The first kappa shape index (κ1) is 30.7. The zero-order chi connectivity index (χ0) is 29.5. The summed E-state index contributed by atoms with van der Waals surface area (Å²) in [6.07, 6.45) is -2.92. The van der Waals surface area contributed by atoms with Crippen LogP contribution >= 0.6 is 0 Å². The Morgan fingerprint density at radius 3 is 2.45 bits per heavy atom. The number of hydrogen-bond acceptors (Lipinski definition) is 5. The minimum atomic E-state index is -4.40. The Morgan fingerprint density at radius 2 is 1.77 bits per heavy atom. The highest BCUT2D eigenvalue weighted by atomic mass is 19.4. The van der Waals surface area contributed by atoms with Crippen LogP contribution in [0.1, 0.15) is 56.0 Å². The minimum absolute atomic E-state index is 0.0182. The van der Waals surface area contributed by atoms with Gasteiger partial charge >= 0.3 is 12.3 Å². The number of carbonyl (C=O) groups excluding carboxylic acids is 3. The number of carbonyl (C=O) groups is 3. The standard InChI is InChI=1S/C28H35F3N4O5/c1-27(2,3)40-26(39)33-21-10-11-22(20(14-21)17-35-12-5-4-9-24(35)37)34-23(36)16-32-25(38)19-8-6-7-18(13-19)15-28(29,30)31/h4-9,12-13,20-22H,10-11,14-17H2,1-3H3,(H,32,38)(H,33,39)(H,34,36)/t20-,21+,22-/m0/s1. The Bertz CT molecular complexity index is 1260. The van der Waals surface area contributed by atoms with Crippen molar-refractivity contribution in [1.29, 1.82) is 0 Å². The normalized spacial score (nSPS) is 19.4. The summed E-state index contributed by atoms with van der Waals surface area (Å²) in [7, 11) is 0. The Hall–Kier alpha value is -3.83. The van der Waals surface area contributed by atoms with Crippen molar-refractivity contribution < 1.29 is 32.3 Å². The molecule has 1 aliphatic rings. The number of ether oxygens (including phenoxy) is 1. The van der Waals surface area contributed by atoms with Gasteiger partial charge in [0.25, 0.3) is 11.5 Å². The van der Waals surface area contributed by atoms with Gasteiger partial charge in [0.1, 0.15) is 5.60 Å². The van der Waals surface area contributed by atoms with Crippen LogP contribution in [0.2, 0.25) is 0 Å². The molecular formula is C28H35F3N4O5. The van der Waals surface area contributed by atoms with Gasteiger partial charge in [0, 0.05) is 36.5 Å². The molecule has 2 aromatic rings. The van der Waals surface area contributed by atoms with Crippen LogP contribution in [0.4, 0.5) is 18.0 Å². The lowest BCUT2D eigenvalue weighted by atomic mass is 9.81. The van der Waals surface area contributed by atoms with Crippen molar-refractivity contribution in [3.63, 3.8) is 0 Å². The second kappa shape index (κ2) is 13.0. The number of rotatable bonds is 8. The lowest BCUT2D eigenvalue weighted by molar-refractivity contribution is -0.127. The smallest absolute Gasteiger partial charge is 0.407 e. The molecule has 1 fully saturated rings. The number of nitrogens with zero attached hydrogens (tertiary/aromatic N) is 1. The van der Waals surface area contributed by atoms with Crippen molar-refractivity contribution in [2.24, 2.45) is 5.92 Å². The molecule has 0 aliphatic heterocycles. The van der Waals surface area contributed by atoms with Gasteiger partial charge < -0.3 is 25.3 Å². The van der Waals surface area contributed by atoms with Gasteiger partial charge in [0.2, 0.25) is 5.91 Å². The van der Waals surface area contributed by atoms with Gasteiger partial charge in [-0.15, -0.1) is 0 Å². The number of alkyl carbamates (subject to hydrolysis) is 1. The molecule has 0 unspecified atom stereocenters. The SMILES string of the molecule is CC(C)(C)OC(=O)N[C@@H]1CC[C@H](NC(=O)CNC(=O)c2cccc(CC(F)(F)F)c2)[C@H](Cn2ccccc2=O)C1. The van der Waals surface area contributed by atoms with Crippen LogP contribution in [-0.4, -0.2) is 52.9 Å². The van der Waals surface area contributed by atoms with E-state index >= 15 is 0 Å². The first-order chi connectivity index (χ1) is 18.7. The number of nitrogens with one attached hydrogen (secondary N) is 3. The van der Waals surface area contributed by atoms with Crippen molar-refractivity contribution >= 4 is 17.9 Å². The average Bonchev–Trinajstić information content (AvgIpc) is 2.83. The van der Waals surface area contributed by atoms with Gasteiger partial charge in [0.15, 0.2) is 0 Å². The van der Waals surface area contributed by atoms with Gasteiger partial charge in [-0.25, -0.2) is 4.79 Å². The molecule has 9 nitrogen and oxygen atoms in total. The first-order valence-corrected chi connectivity index (χ1v) is 13.1. The summed E-state index contributed by atoms with van der Waals surface area (Å²) >= 11 is 0. The number of alkyl halides is 3. The lowest BCUT2D eigenvalue weighted by Gasteiger charge is -2.37. The van der Waals surface area contributed by atoms with E-state index in [2.05, 4.69) is 16.0 Å². The van der Waals surface area contributed by atoms with Gasteiger partial charge in [-0.1, -0.05) is 18.2 Å². The van der Waals surface area contributed by atoms with E-state index in [1.165, 1.54) is 28.8 Å². The van der Waals surface area contributed by atoms with Crippen LogP contribution in [0.15, 0.2) is 53.5 Å². The molecule has 0 spiro atoms. The summed E-state index contributed by atoms with van der Waals surface area (Å²) in [4.78, 5) is 49.9. The third kappa shape index (κ3) is 10.0. The monoisotopic (exact) mass is 564 g/mol. The summed E-state index contributed by atoms with van der Waals surface area (Å²) in [6.45, 7) is 5.22. The zero-order valence-corrected chi connectivity index (χ0v) is 22.7. The van der Waals surface area contributed by atoms with Crippen molar-refractivity contribution in [3.05, 3.63) is 70.1 Å². The molecule has 1 aromatic heterocycles. The van der Waals surface area contributed by atoms with Gasteiger partial charge in [0.05, 0.1) is 13.0 Å². The Morgan fingerprint density at radius 1 is 1.02 bits per heavy atom. The van der Waals surface area contributed by atoms with Crippen LogP contribution < -0.4 is 21.5 Å². The van der Waals surface area contributed by atoms with E-state index in [0.717, 1.165) is 6.07 Å². The highest BCUT2D eigenvalue weighted by molar-refractivity contribution is 5.96. The highest BCUT2D eigenvalue weighted by Crippen LogP contribution is 2.27. The first-order valence-electron chi connectivity index (χ1n) is 13.1. The number of aromatic nitrogens is 1. The van der Waals surface area contributed by atoms with Gasteiger partial charge in [-0.05, 0) is 69.7 Å². The van der Waals surface area contributed by atoms with Crippen LogP contribution in [0.25, 0.3) is 0 Å². The maximum absolute atomic E-state index is 12.7. The van der Waals surface area contributed by atoms with Gasteiger partial charge in [-0.2, -0.15) is 13.2 Å². The summed E-state index contributed by atoms with van der Waals surface area (Å²) in [5.41, 5.74) is -0.893. The molecule has 3 rings (SSSR count). The zero-order valence-electron chi connectivity index (χ0n) is 22.7. The van der Waals surface area contributed by atoms with Crippen molar-refractivity contribution in [3.8, 4) is 0 Å². The number of amides is 3. The van der Waals surface area contributed by atoms with Crippen LogP contribution in [0.3, 0.4) is 0 Å². The van der Waals surface area contributed by atoms with Crippen LogP contribution in [0, 0.1) is 5.92 Å². The molecule has 1 heterocycles. The summed E-state index contributed by atoms with van der Waals surface area (Å²) < 4.78 is 45.0. The molecule has 3 N–H and O–H groups in total. The van der Waals surface area contributed by atoms with E-state index in [9.17, 15) is 32.3 Å². The number of halogens is 3. The third-order valence-electron chi connectivity index (χ3n) is 6.38. The maximum atomic E-state index is 12.7. The topological polar surface area (TPSA) is 119 Å². The molecule has 3 atom stereocenters. The number of pyridine rings is 1. The fourth-order valence-corrected chi connectivity index (χ4v) is 4.70. The fraction of sp³-hybridized carbons (Fsp3) is 0.500. The largest absolute Gasteiger partial charge is 0.444 e. The Labute approximate surface area is 230 Å². The Balaban J connectivity index is 1.62. The summed E-state index contributed by atoms with van der Waals surface area (Å²) in [6, 6.07) is 9.39.